The van der Waals surface area contributed by atoms with Gasteiger partial charge in [0.25, 0.3) is 0 Å². The first-order valence-corrected chi connectivity index (χ1v) is 9.06. The summed E-state index contributed by atoms with van der Waals surface area (Å²) in [6.45, 7) is 2.96. The third-order valence-electron chi connectivity index (χ3n) is 4.81. The predicted octanol–water partition coefficient (Wildman–Crippen LogP) is 5.99. The Labute approximate surface area is 171 Å². The second kappa shape index (κ2) is 8.77. The molecule has 4 heteroatoms. The molecule has 0 aliphatic heterocycles. The van der Waals surface area contributed by atoms with Crippen molar-refractivity contribution in [1.29, 1.82) is 0 Å². The van der Waals surface area contributed by atoms with Gasteiger partial charge in [-0.05, 0) is 54.0 Å². The molecule has 3 aromatic carbocycles. The molecule has 0 saturated heterocycles. The maximum atomic E-state index is 5.23. The minimum atomic E-state index is 0. The van der Waals surface area contributed by atoms with Crippen molar-refractivity contribution in [1.82, 2.24) is 9.55 Å². The molecule has 1 heterocycles. The van der Waals surface area contributed by atoms with Gasteiger partial charge in [0.1, 0.15) is 11.6 Å². The number of benzene rings is 3. The second-order valence-electron chi connectivity index (χ2n) is 6.58. The molecule has 0 spiro atoms. The van der Waals surface area contributed by atoms with Crippen molar-refractivity contribution in [3.8, 4) is 5.75 Å². The van der Waals surface area contributed by atoms with E-state index < -0.39 is 0 Å². The largest absolute Gasteiger partial charge is 0.497 e. The summed E-state index contributed by atoms with van der Waals surface area (Å²) in [7, 11) is 1.68. The smallest absolute Gasteiger partial charge is 0.134 e. The molecule has 4 aromatic rings. The number of para-hydroxylation sites is 2. The van der Waals surface area contributed by atoms with Gasteiger partial charge in [-0.15, -0.1) is 12.4 Å². The average Bonchev–Trinajstić information content (AvgIpc) is 3.06. The number of halogens is 1. The number of methoxy groups -OCH3 is 1. The maximum Gasteiger partial charge on any atom is 0.134 e. The monoisotopic (exact) mass is 390 g/mol. The lowest BCUT2D eigenvalue weighted by Crippen LogP contribution is -2.03. The van der Waals surface area contributed by atoms with E-state index in [1.807, 2.05) is 30.3 Å². The minimum Gasteiger partial charge on any atom is -0.497 e. The van der Waals surface area contributed by atoms with Crippen LogP contribution in [0.15, 0.2) is 72.8 Å². The fourth-order valence-electron chi connectivity index (χ4n) is 3.23. The van der Waals surface area contributed by atoms with Crippen molar-refractivity contribution in [3.05, 3.63) is 95.3 Å². The van der Waals surface area contributed by atoms with E-state index in [2.05, 4.69) is 66.1 Å². The molecular formula is C24H23ClN2O. The number of imidazole rings is 1. The molecular weight excluding hydrogens is 368 g/mol. The molecule has 0 radical (unpaired) electrons. The summed E-state index contributed by atoms with van der Waals surface area (Å²) in [4.78, 5) is 4.84. The summed E-state index contributed by atoms with van der Waals surface area (Å²) in [5, 5.41) is 0. The number of fused-ring (bicyclic) bond motifs is 1. The van der Waals surface area contributed by atoms with Crippen LogP contribution in [0.5, 0.6) is 5.75 Å². The van der Waals surface area contributed by atoms with Crippen LogP contribution in [0.25, 0.3) is 23.2 Å². The molecule has 0 aliphatic rings. The molecule has 0 N–H and O–H groups in total. The van der Waals surface area contributed by atoms with Crippen molar-refractivity contribution in [3.63, 3.8) is 0 Å². The zero-order chi connectivity index (χ0) is 18.6. The van der Waals surface area contributed by atoms with Crippen LogP contribution in [-0.4, -0.2) is 16.7 Å². The second-order valence-corrected chi connectivity index (χ2v) is 6.58. The van der Waals surface area contributed by atoms with Crippen molar-refractivity contribution < 1.29 is 4.74 Å². The Bertz CT molecular complexity index is 1100. The Balaban J connectivity index is 0.00000225. The van der Waals surface area contributed by atoms with Gasteiger partial charge in [0, 0.05) is 6.54 Å². The first-order valence-electron chi connectivity index (χ1n) is 9.06. The van der Waals surface area contributed by atoms with E-state index in [4.69, 9.17) is 9.72 Å². The molecule has 0 amide bonds. The quantitative estimate of drug-likeness (QED) is 0.418. The molecule has 1 aromatic heterocycles. The highest BCUT2D eigenvalue weighted by atomic mass is 35.5. The van der Waals surface area contributed by atoms with Gasteiger partial charge >= 0.3 is 0 Å². The van der Waals surface area contributed by atoms with Crippen LogP contribution in [0.3, 0.4) is 0 Å². The Hall–Kier alpha value is -3.04. The highest BCUT2D eigenvalue weighted by Crippen LogP contribution is 2.21. The van der Waals surface area contributed by atoms with E-state index in [-0.39, 0.29) is 12.4 Å². The van der Waals surface area contributed by atoms with Crippen molar-refractivity contribution >= 4 is 35.6 Å². The van der Waals surface area contributed by atoms with E-state index in [1.165, 1.54) is 11.1 Å². The molecule has 0 atom stereocenters. The number of ether oxygens (including phenoxy) is 1. The van der Waals surface area contributed by atoms with Crippen LogP contribution < -0.4 is 4.74 Å². The van der Waals surface area contributed by atoms with Crippen LogP contribution >= 0.6 is 12.4 Å². The minimum absolute atomic E-state index is 0. The van der Waals surface area contributed by atoms with E-state index in [9.17, 15) is 0 Å². The van der Waals surface area contributed by atoms with Crippen LogP contribution in [0.2, 0.25) is 0 Å². The zero-order valence-electron chi connectivity index (χ0n) is 16.0. The molecule has 4 rings (SSSR count). The fraction of sp³-hybridized carbons (Fsp3) is 0.125. The Morgan fingerprint density at radius 2 is 1.61 bits per heavy atom. The third-order valence-corrected chi connectivity index (χ3v) is 4.81. The number of rotatable bonds is 5. The van der Waals surface area contributed by atoms with Crippen LogP contribution in [-0.2, 0) is 6.54 Å². The van der Waals surface area contributed by atoms with Gasteiger partial charge in [-0.2, -0.15) is 0 Å². The normalized spacial score (nSPS) is 10.9. The van der Waals surface area contributed by atoms with E-state index in [1.54, 1.807) is 7.11 Å². The van der Waals surface area contributed by atoms with Gasteiger partial charge in [0.15, 0.2) is 0 Å². The topological polar surface area (TPSA) is 27.1 Å². The van der Waals surface area contributed by atoms with Crippen molar-refractivity contribution in [2.45, 2.75) is 13.5 Å². The van der Waals surface area contributed by atoms with E-state index in [0.29, 0.717) is 0 Å². The first kappa shape index (κ1) is 19.7. The Morgan fingerprint density at radius 3 is 2.36 bits per heavy atom. The summed E-state index contributed by atoms with van der Waals surface area (Å²) >= 11 is 0. The average molecular weight is 391 g/mol. The van der Waals surface area contributed by atoms with Crippen LogP contribution in [0.1, 0.15) is 22.5 Å². The Kier molecular flexibility index (Phi) is 6.17. The van der Waals surface area contributed by atoms with Crippen molar-refractivity contribution in [2.75, 3.05) is 7.11 Å². The zero-order valence-corrected chi connectivity index (χ0v) is 16.8. The molecule has 0 bridgehead atoms. The number of nitrogens with zero attached hydrogens (tertiary/aromatic N) is 2. The van der Waals surface area contributed by atoms with Crippen LogP contribution in [0.4, 0.5) is 0 Å². The lowest BCUT2D eigenvalue weighted by Gasteiger charge is -2.10. The van der Waals surface area contributed by atoms with Gasteiger partial charge < -0.3 is 9.30 Å². The SMILES string of the molecule is COc1ccc(C=Cc2nc3ccccc3n2Cc2ccccc2C)cc1.Cl. The van der Waals surface area contributed by atoms with E-state index >= 15 is 0 Å². The van der Waals surface area contributed by atoms with Gasteiger partial charge in [0.05, 0.1) is 18.1 Å². The van der Waals surface area contributed by atoms with Crippen LogP contribution in [0, 0.1) is 6.92 Å². The molecule has 3 nitrogen and oxygen atoms in total. The molecule has 28 heavy (non-hydrogen) atoms. The molecule has 0 saturated carbocycles. The lowest BCUT2D eigenvalue weighted by molar-refractivity contribution is 0.415. The third kappa shape index (κ3) is 4.10. The van der Waals surface area contributed by atoms with Gasteiger partial charge in [-0.25, -0.2) is 4.98 Å². The summed E-state index contributed by atoms with van der Waals surface area (Å²) in [5.74, 6) is 1.81. The number of aromatic nitrogens is 2. The molecule has 0 unspecified atom stereocenters. The molecule has 0 fully saturated rings. The Morgan fingerprint density at radius 1 is 0.893 bits per heavy atom. The van der Waals surface area contributed by atoms with Gasteiger partial charge in [-0.1, -0.05) is 54.6 Å². The van der Waals surface area contributed by atoms with Crippen molar-refractivity contribution in [2.24, 2.45) is 0 Å². The number of aryl methyl sites for hydroxylation is 1. The lowest BCUT2D eigenvalue weighted by atomic mass is 10.1. The standard InChI is InChI=1S/C24H22N2O.ClH/c1-18-7-3-4-8-20(18)17-26-23-10-6-5-9-22(23)25-24(26)16-13-19-11-14-21(27-2)15-12-19;/h3-16H,17H2,1-2H3;1H. The number of hydrogen-bond donors (Lipinski definition) is 0. The highest BCUT2D eigenvalue weighted by Gasteiger charge is 2.09. The highest BCUT2D eigenvalue weighted by molar-refractivity contribution is 5.85. The summed E-state index contributed by atoms with van der Waals surface area (Å²) < 4.78 is 7.50. The predicted molar refractivity (Wildman–Crippen MR) is 119 cm³/mol. The number of hydrogen-bond acceptors (Lipinski definition) is 2. The summed E-state index contributed by atoms with van der Waals surface area (Å²) in [6, 6.07) is 24.8. The molecule has 0 aliphatic carbocycles. The van der Waals surface area contributed by atoms with E-state index in [0.717, 1.165) is 34.7 Å². The summed E-state index contributed by atoms with van der Waals surface area (Å²) in [5.41, 5.74) is 5.88. The maximum absolute atomic E-state index is 5.23. The first-order chi connectivity index (χ1) is 13.2. The fourth-order valence-corrected chi connectivity index (χ4v) is 3.23. The van der Waals surface area contributed by atoms with Gasteiger partial charge in [-0.3, -0.25) is 0 Å². The summed E-state index contributed by atoms with van der Waals surface area (Å²) in [6.07, 6.45) is 4.18. The molecule has 142 valence electrons. The van der Waals surface area contributed by atoms with Gasteiger partial charge in [0.2, 0.25) is 0 Å².